The average Bonchev–Trinajstić information content (AvgIpc) is 2.77. The zero-order chi connectivity index (χ0) is 11.7. The molecule has 4 saturated heterocycles. The number of rotatable bonds is 4. The van der Waals surface area contributed by atoms with E-state index in [1.54, 1.807) is 0 Å². The lowest BCUT2D eigenvalue weighted by molar-refractivity contribution is 0.0721. The van der Waals surface area contributed by atoms with Gasteiger partial charge in [-0.3, -0.25) is 0 Å². The van der Waals surface area contributed by atoms with Gasteiger partial charge in [-0.05, 0) is 31.8 Å². The van der Waals surface area contributed by atoms with Gasteiger partial charge in [0.25, 0.3) is 0 Å². The first-order valence-corrected chi connectivity index (χ1v) is 6.81. The maximum absolute atomic E-state index is 11.4. The summed E-state index contributed by atoms with van der Waals surface area (Å²) in [5.74, 6) is 0.868. The average molecular weight is 238 g/mol. The van der Waals surface area contributed by atoms with Crippen LogP contribution in [0.2, 0.25) is 0 Å². The van der Waals surface area contributed by atoms with Crippen LogP contribution in [-0.2, 0) is 0 Å². The van der Waals surface area contributed by atoms with Gasteiger partial charge in [0.1, 0.15) is 0 Å². The van der Waals surface area contributed by atoms with Crippen molar-refractivity contribution in [3.8, 4) is 0 Å². The van der Waals surface area contributed by atoms with Crippen LogP contribution in [0.25, 0.3) is 0 Å². The Kier molecular flexibility index (Phi) is 3.20. The molecule has 1 unspecified atom stereocenters. The topological polar surface area (TPSA) is 47.6 Å². The molecule has 4 aliphatic rings. The normalized spacial score (nSPS) is 36.4. The number of nitrogens with zero attached hydrogens (tertiary/aromatic N) is 2. The summed E-state index contributed by atoms with van der Waals surface area (Å²) in [4.78, 5) is 15.8. The molecule has 5 nitrogen and oxygen atoms in total. The lowest BCUT2D eigenvalue weighted by Crippen LogP contribution is -2.56. The Bertz CT molecular complexity index is 288. The zero-order valence-electron chi connectivity index (χ0n) is 10.3. The SMILES string of the molecule is O=C1NCCN1CCNC1CN2CCC1CC2. The molecule has 0 aromatic heterocycles. The van der Waals surface area contributed by atoms with Gasteiger partial charge in [0, 0.05) is 38.8 Å². The quantitative estimate of drug-likeness (QED) is 0.707. The van der Waals surface area contributed by atoms with Crippen LogP contribution in [0.5, 0.6) is 0 Å². The number of piperidine rings is 3. The van der Waals surface area contributed by atoms with Crippen molar-refractivity contribution < 1.29 is 4.79 Å². The van der Waals surface area contributed by atoms with Crippen LogP contribution in [0, 0.1) is 5.92 Å². The van der Waals surface area contributed by atoms with Crippen LogP contribution in [0.15, 0.2) is 0 Å². The van der Waals surface area contributed by atoms with Crippen molar-refractivity contribution in [3.63, 3.8) is 0 Å². The highest BCUT2D eigenvalue weighted by Gasteiger charge is 2.33. The van der Waals surface area contributed by atoms with E-state index in [9.17, 15) is 4.79 Å². The number of fused-ring (bicyclic) bond motifs is 3. The molecule has 0 aromatic carbocycles. The third-order valence-electron chi connectivity index (χ3n) is 4.39. The van der Waals surface area contributed by atoms with Gasteiger partial charge in [-0.15, -0.1) is 0 Å². The Morgan fingerprint density at radius 3 is 2.71 bits per heavy atom. The second-order valence-electron chi connectivity index (χ2n) is 5.42. The van der Waals surface area contributed by atoms with Crippen molar-refractivity contribution in [2.24, 2.45) is 5.92 Å². The molecule has 0 aliphatic carbocycles. The van der Waals surface area contributed by atoms with Gasteiger partial charge in [-0.1, -0.05) is 0 Å². The first-order chi connectivity index (χ1) is 8.33. The molecule has 4 fully saturated rings. The van der Waals surface area contributed by atoms with Crippen LogP contribution >= 0.6 is 0 Å². The summed E-state index contributed by atoms with van der Waals surface area (Å²) in [6, 6.07) is 0.754. The number of urea groups is 1. The highest BCUT2D eigenvalue weighted by Crippen LogP contribution is 2.27. The van der Waals surface area contributed by atoms with Crippen molar-refractivity contribution in [3.05, 3.63) is 0 Å². The number of carbonyl (C=O) groups excluding carboxylic acids is 1. The van der Waals surface area contributed by atoms with Gasteiger partial charge >= 0.3 is 6.03 Å². The third kappa shape index (κ3) is 2.40. The summed E-state index contributed by atoms with van der Waals surface area (Å²) in [6.45, 7) is 7.22. The van der Waals surface area contributed by atoms with Crippen molar-refractivity contribution in [2.75, 3.05) is 45.8 Å². The van der Waals surface area contributed by atoms with E-state index in [4.69, 9.17) is 0 Å². The number of carbonyl (C=O) groups is 1. The molecule has 5 heteroatoms. The van der Waals surface area contributed by atoms with E-state index in [2.05, 4.69) is 15.5 Å². The minimum absolute atomic E-state index is 0.0979. The monoisotopic (exact) mass is 238 g/mol. The predicted octanol–water partition coefficient (Wildman–Crippen LogP) is -0.305. The van der Waals surface area contributed by atoms with E-state index in [0.29, 0.717) is 6.04 Å². The second-order valence-corrected chi connectivity index (χ2v) is 5.42. The van der Waals surface area contributed by atoms with Crippen LogP contribution in [-0.4, -0.2) is 67.7 Å². The molecule has 17 heavy (non-hydrogen) atoms. The molecule has 2 bridgehead atoms. The summed E-state index contributed by atoms with van der Waals surface area (Å²) in [5.41, 5.74) is 0. The van der Waals surface area contributed by atoms with E-state index in [1.807, 2.05) is 4.90 Å². The van der Waals surface area contributed by atoms with Crippen LogP contribution < -0.4 is 10.6 Å². The Hall–Kier alpha value is -0.810. The predicted molar refractivity (Wildman–Crippen MR) is 65.9 cm³/mol. The number of hydrogen-bond donors (Lipinski definition) is 2. The van der Waals surface area contributed by atoms with Crippen LogP contribution in [0.4, 0.5) is 4.79 Å². The number of amides is 2. The van der Waals surface area contributed by atoms with Gasteiger partial charge in [-0.2, -0.15) is 0 Å². The first kappa shape index (κ1) is 11.3. The fraction of sp³-hybridized carbons (Fsp3) is 0.917. The minimum atomic E-state index is 0.0979. The molecule has 1 atom stereocenters. The van der Waals surface area contributed by atoms with Crippen LogP contribution in [0.1, 0.15) is 12.8 Å². The summed E-state index contributed by atoms with van der Waals surface area (Å²) in [7, 11) is 0. The Morgan fingerprint density at radius 1 is 1.29 bits per heavy atom. The Morgan fingerprint density at radius 2 is 2.12 bits per heavy atom. The standard InChI is InChI=1S/C12H22N4O/c17-12-14-4-8-16(12)7-3-13-11-9-15-5-1-10(11)2-6-15/h10-11,13H,1-9H2,(H,14,17). The molecule has 0 saturated carbocycles. The summed E-state index contributed by atoms with van der Waals surface area (Å²) >= 11 is 0. The lowest BCUT2D eigenvalue weighted by atomic mass is 9.84. The molecule has 0 aromatic rings. The molecule has 2 amide bonds. The molecule has 4 heterocycles. The molecule has 96 valence electrons. The fourth-order valence-electron chi connectivity index (χ4n) is 3.31. The van der Waals surface area contributed by atoms with Crippen molar-refractivity contribution in [1.29, 1.82) is 0 Å². The van der Waals surface area contributed by atoms with E-state index >= 15 is 0 Å². The van der Waals surface area contributed by atoms with E-state index in [-0.39, 0.29) is 6.03 Å². The Balaban J connectivity index is 1.41. The number of hydrogen-bond acceptors (Lipinski definition) is 3. The van der Waals surface area contributed by atoms with Crippen LogP contribution in [0.3, 0.4) is 0 Å². The molecule has 0 radical (unpaired) electrons. The molecule has 2 N–H and O–H groups in total. The van der Waals surface area contributed by atoms with Gasteiger partial charge in [0.15, 0.2) is 0 Å². The van der Waals surface area contributed by atoms with Crippen molar-refractivity contribution >= 4 is 6.03 Å². The molecule has 4 rings (SSSR count). The van der Waals surface area contributed by atoms with Crippen molar-refractivity contribution in [1.82, 2.24) is 20.4 Å². The summed E-state index contributed by atoms with van der Waals surface area (Å²) in [6.07, 6.45) is 2.70. The largest absolute Gasteiger partial charge is 0.336 e. The smallest absolute Gasteiger partial charge is 0.317 e. The molecule has 0 spiro atoms. The maximum atomic E-state index is 11.4. The zero-order valence-corrected chi connectivity index (χ0v) is 10.3. The number of nitrogens with one attached hydrogen (secondary N) is 2. The van der Waals surface area contributed by atoms with Gasteiger partial charge < -0.3 is 20.4 Å². The fourth-order valence-corrected chi connectivity index (χ4v) is 3.31. The van der Waals surface area contributed by atoms with Gasteiger partial charge in [-0.25, -0.2) is 4.79 Å². The van der Waals surface area contributed by atoms with E-state index < -0.39 is 0 Å². The molecular weight excluding hydrogens is 216 g/mol. The lowest BCUT2D eigenvalue weighted by Gasteiger charge is -2.45. The van der Waals surface area contributed by atoms with E-state index in [1.165, 1.54) is 32.5 Å². The van der Waals surface area contributed by atoms with Crippen molar-refractivity contribution in [2.45, 2.75) is 18.9 Å². The Labute approximate surface area is 103 Å². The molecular formula is C12H22N4O. The minimum Gasteiger partial charge on any atom is -0.336 e. The summed E-state index contributed by atoms with van der Waals surface area (Å²) in [5, 5.41) is 6.47. The van der Waals surface area contributed by atoms with Gasteiger partial charge in [0.05, 0.1) is 0 Å². The first-order valence-electron chi connectivity index (χ1n) is 6.81. The maximum Gasteiger partial charge on any atom is 0.317 e. The third-order valence-corrected chi connectivity index (χ3v) is 4.39. The highest BCUT2D eigenvalue weighted by molar-refractivity contribution is 5.76. The second kappa shape index (κ2) is 4.82. The van der Waals surface area contributed by atoms with Gasteiger partial charge in [0.2, 0.25) is 0 Å². The molecule has 4 aliphatic heterocycles. The summed E-state index contributed by atoms with van der Waals surface area (Å²) < 4.78 is 0. The van der Waals surface area contributed by atoms with E-state index in [0.717, 1.165) is 32.1 Å². The highest BCUT2D eigenvalue weighted by atomic mass is 16.2.